The van der Waals surface area contributed by atoms with Crippen molar-refractivity contribution in [2.24, 2.45) is 5.92 Å². The number of non-ortho nitro benzene ring substituents is 1. The number of rotatable bonds is 5. The van der Waals surface area contributed by atoms with Gasteiger partial charge in [-0.05, 0) is 42.7 Å². The van der Waals surface area contributed by atoms with E-state index in [-0.39, 0.29) is 28.5 Å². The maximum absolute atomic E-state index is 12.9. The highest BCUT2D eigenvalue weighted by atomic mass is 35.5. The van der Waals surface area contributed by atoms with Crippen LogP contribution in [-0.4, -0.2) is 48.0 Å². The van der Waals surface area contributed by atoms with E-state index in [2.05, 4.69) is 15.1 Å². The average molecular weight is 429 g/mol. The van der Waals surface area contributed by atoms with E-state index in [1.165, 1.54) is 5.56 Å². The fourth-order valence-electron chi connectivity index (χ4n) is 4.58. The van der Waals surface area contributed by atoms with Gasteiger partial charge in [0.05, 0.1) is 16.9 Å². The Morgan fingerprint density at radius 3 is 2.70 bits per heavy atom. The number of amides is 1. The van der Waals surface area contributed by atoms with Gasteiger partial charge in [-0.2, -0.15) is 0 Å². The summed E-state index contributed by atoms with van der Waals surface area (Å²) in [7, 11) is 0. The van der Waals surface area contributed by atoms with Gasteiger partial charge in [-0.15, -0.1) is 0 Å². The summed E-state index contributed by atoms with van der Waals surface area (Å²) in [4.78, 5) is 28.4. The molecule has 7 nitrogen and oxygen atoms in total. The smallest absolute Gasteiger partial charge is 0.269 e. The third kappa shape index (κ3) is 4.13. The largest absolute Gasteiger partial charge is 0.365 e. The second-order valence-corrected chi connectivity index (χ2v) is 8.33. The van der Waals surface area contributed by atoms with Crippen molar-refractivity contribution in [2.45, 2.75) is 25.9 Å². The van der Waals surface area contributed by atoms with Gasteiger partial charge >= 0.3 is 0 Å². The molecule has 0 spiro atoms. The lowest BCUT2D eigenvalue weighted by atomic mass is 9.83. The monoisotopic (exact) mass is 428 g/mol. The van der Waals surface area contributed by atoms with Crippen molar-refractivity contribution in [3.05, 3.63) is 68.7 Å². The molecule has 2 unspecified atom stereocenters. The van der Waals surface area contributed by atoms with Crippen molar-refractivity contribution in [3.63, 3.8) is 0 Å². The molecule has 2 aliphatic rings. The van der Waals surface area contributed by atoms with Crippen LogP contribution in [0.5, 0.6) is 0 Å². The van der Waals surface area contributed by atoms with Crippen LogP contribution < -0.4 is 10.2 Å². The lowest BCUT2D eigenvalue weighted by Gasteiger charge is -2.49. The van der Waals surface area contributed by atoms with Gasteiger partial charge in [0, 0.05) is 55.6 Å². The number of benzene rings is 2. The number of piperazine rings is 1. The molecule has 0 radical (unpaired) electrons. The Labute approximate surface area is 180 Å². The minimum Gasteiger partial charge on any atom is -0.365 e. The molecule has 0 aromatic heterocycles. The van der Waals surface area contributed by atoms with Gasteiger partial charge in [-0.25, -0.2) is 0 Å². The van der Waals surface area contributed by atoms with Crippen LogP contribution in [0, 0.1) is 16.0 Å². The topological polar surface area (TPSA) is 78.7 Å². The SMILES string of the molecule is CCNC(=O)C1Cc2cc([N+](=O)[O-])ccc2N2CCN(Cc3ccc(Cl)cc3)CC12. The fraction of sp³-hybridized carbons (Fsp3) is 0.409. The summed E-state index contributed by atoms with van der Waals surface area (Å²) in [5.74, 6) is -0.231. The summed E-state index contributed by atoms with van der Waals surface area (Å²) in [6.45, 7) is 5.68. The number of carbonyl (C=O) groups is 1. The van der Waals surface area contributed by atoms with Crippen molar-refractivity contribution < 1.29 is 9.72 Å². The number of anilines is 1. The molecule has 30 heavy (non-hydrogen) atoms. The van der Waals surface area contributed by atoms with Crippen LogP contribution in [0.1, 0.15) is 18.1 Å². The minimum atomic E-state index is -0.377. The molecular formula is C22H25ClN4O3. The van der Waals surface area contributed by atoms with Crippen molar-refractivity contribution in [2.75, 3.05) is 31.1 Å². The van der Waals surface area contributed by atoms with E-state index in [4.69, 9.17) is 11.6 Å². The van der Waals surface area contributed by atoms with Crippen LogP contribution in [-0.2, 0) is 17.8 Å². The molecule has 158 valence electrons. The highest BCUT2D eigenvalue weighted by molar-refractivity contribution is 6.30. The summed E-state index contributed by atoms with van der Waals surface area (Å²) >= 11 is 6.00. The predicted octanol–water partition coefficient (Wildman–Crippen LogP) is 3.25. The van der Waals surface area contributed by atoms with Crippen LogP contribution in [0.25, 0.3) is 0 Å². The third-order valence-corrected chi connectivity index (χ3v) is 6.25. The number of nitro benzene ring substituents is 1. The molecule has 2 aromatic rings. The van der Waals surface area contributed by atoms with Crippen LogP contribution in [0.2, 0.25) is 5.02 Å². The molecule has 8 heteroatoms. The van der Waals surface area contributed by atoms with Crippen molar-refractivity contribution >= 4 is 28.9 Å². The Morgan fingerprint density at radius 2 is 2.00 bits per heavy atom. The van der Waals surface area contributed by atoms with E-state index in [0.29, 0.717) is 13.0 Å². The first kappa shape index (κ1) is 20.6. The van der Waals surface area contributed by atoms with Crippen molar-refractivity contribution in [3.8, 4) is 0 Å². The zero-order chi connectivity index (χ0) is 21.3. The number of fused-ring (bicyclic) bond motifs is 3. The number of nitrogens with one attached hydrogen (secondary N) is 1. The molecule has 1 fully saturated rings. The first-order valence-electron chi connectivity index (χ1n) is 10.2. The molecule has 2 aromatic carbocycles. The molecule has 0 aliphatic carbocycles. The Bertz CT molecular complexity index is 950. The third-order valence-electron chi connectivity index (χ3n) is 6.00. The summed E-state index contributed by atoms with van der Waals surface area (Å²) in [5.41, 5.74) is 3.15. The van der Waals surface area contributed by atoms with Gasteiger partial charge < -0.3 is 10.2 Å². The fourth-order valence-corrected chi connectivity index (χ4v) is 4.71. The number of nitro groups is 1. The van der Waals surface area contributed by atoms with E-state index in [1.54, 1.807) is 12.1 Å². The van der Waals surface area contributed by atoms with E-state index >= 15 is 0 Å². The molecule has 0 saturated carbocycles. The normalized spacial score (nSPS) is 20.9. The number of nitrogens with zero attached hydrogens (tertiary/aromatic N) is 3. The van der Waals surface area contributed by atoms with Gasteiger partial charge in [0.15, 0.2) is 0 Å². The molecule has 1 N–H and O–H groups in total. The second-order valence-electron chi connectivity index (χ2n) is 7.90. The van der Waals surface area contributed by atoms with Gasteiger partial charge in [-0.1, -0.05) is 23.7 Å². The lowest BCUT2D eigenvalue weighted by molar-refractivity contribution is -0.384. The van der Waals surface area contributed by atoms with E-state index in [0.717, 1.165) is 42.5 Å². The van der Waals surface area contributed by atoms with Crippen LogP contribution in [0.4, 0.5) is 11.4 Å². The highest BCUT2D eigenvalue weighted by Crippen LogP contribution is 2.38. The average Bonchev–Trinajstić information content (AvgIpc) is 2.74. The molecule has 2 atom stereocenters. The van der Waals surface area contributed by atoms with E-state index in [9.17, 15) is 14.9 Å². The number of carbonyl (C=O) groups excluding carboxylic acids is 1. The van der Waals surface area contributed by atoms with Crippen molar-refractivity contribution in [1.29, 1.82) is 0 Å². The van der Waals surface area contributed by atoms with Crippen LogP contribution in [0.3, 0.4) is 0 Å². The van der Waals surface area contributed by atoms with E-state index < -0.39 is 0 Å². The van der Waals surface area contributed by atoms with Crippen molar-refractivity contribution in [1.82, 2.24) is 10.2 Å². The maximum atomic E-state index is 12.9. The van der Waals surface area contributed by atoms with Crippen LogP contribution in [0.15, 0.2) is 42.5 Å². The molecule has 2 aliphatic heterocycles. The van der Waals surface area contributed by atoms with Gasteiger partial charge in [0.1, 0.15) is 0 Å². The Hall–Kier alpha value is -2.64. The predicted molar refractivity (Wildman–Crippen MR) is 117 cm³/mol. The zero-order valence-electron chi connectivity index (χ0n) is 16.9. The Morgan fingerprint density at radius 1 is 1.23 bits per heavy atom. The van der Waals surface area contributed by atoms with E-state index in [1.807, 2.05) is 37.3 Å². The standard InChI is InChI=1S/C22H25ClN4O3/c1-2-24-22(28)19-12-16-11-18(27(29)30)7-8-20(16)26-10-9-25(14-21(19)26)13-15-3-5-17(23)6-4-15/h3-8,11,19,21H,2,9-10,12-14H2,1H3,(H,24,28). The molecule has 0 bridgehead atoms. The Balaban J connectivity index is 1.60. The molecule has 1 saturated heterocycles. The minimum absolute atomic E-state index is 0.0120. The summed E-state index contributed by atoms with van der Waals surface area (Å²) < 4.78 is 0. The summed E-state index contributed by atoms with van der Waals surface area (Å²) in [6.07, 6.45) is 0.513. The van der Waals surface area contributed by atoms with Gasteiger partial charge in [0.2, 0.25) is 5.91 Å². The quantitative estimate of drug-likeness (QED) is 0.584. The number of halogens is 1. The van der Waals surface area contributed by atoms with Crippen LogP contribution >= 0.6 is 11.6 Å². The number of hydrogen-bond donors (Lipinski definition) is 1. The highest BCUT2D eigenvalue weighted by Gasteiger charge is 2.41. The zero-order valence-corrected chi connectivity index (χ0v) is 17.6. The summed E-state index contributed by atoms with van der Waals surface area (Å²) in [5, 5.41) is 14.9. The molecule has 4 rings (SSSR count). The second kappa shape index (κ2) is 8.62. The first-order chi connectivity index (χ1) is 14.5. The number of hydrogen-bond acceptors (Lipinski definition) is 5. The Kier molecular flexibility index (Phi) is 5.92. The molecule has 1 amide bonds. The van der Waals surface area contributed by atoms with Gasteiger partial charge in [-0.3, -0.25) is 19.8 Å². The maximum Gasteiger partial charge on any atom is 0.269 e. The first-order valence-corrected chi connectivity index (χ1v) is 10.6. The van der Waals surface area contributed by atoms with Gasteiger partial charge in [0.25, 0.3) is 5.69 Å². The summed E-state index contributed by atoms with van der Waals surface area (Å²) in [6, 6.07) is 12.9. The lowest BCUT2D eigenvalue weighted by Crippen LogP contribution is -2.60. The molecular weight excluding hydrogens is 404 g/mol. The molecule has 2 heterocycles.